The van der Waals surface area contributed by atoms with Gasteiger partial charge in [-0.1, -0.05) is 0 Å². The number of hydrogen-bond acceptors (Lipinski definition) is 5. The van der Waals surface area contributed by atoms with Crippen LogP contribution in [0.1, 0.15) is 17.3 Å². The highest BCUT2D eigenvalue weighted by molar-refractivity contribution is 7.13. The van der Waals surface area contributed by atoms with Gasteiger partial charge in [0, 0.05) is 62.6 Å². The van der Waals surface area contributed by atoms with Crippen LogP contribution in [0.25, 0.3) is 0 Å². The Balaban J connectivity index is 1.61. The molecule has 1 aromatic heterocycles. The van der Waals surface area contributed by atoms with Gasteiger partial charge < -0.3 is 14.7 Å². The second kappa shape index (κ2) is 7.00. The van der Waals surface area contributed by atoms with Gasteiger partial charge in [-0.05, 0) is 31.2 Å². The minimum absolute atomic E-state index is 0.120. The van der Waals surface area contributed by atoms with Crippen LogP contribution in [0, 0.1) is 0 Å². The van der Waals surface area contributed by atoms with Crippen molar-refractivity contribution in [1.82, 2.24) is 9.88 Å². The van der Waals surface area contributed by atoms with Crippen LogP contribution in [-0.4, -0.2) is 55.6 Å². The lowest BCUT2D eigenvalue weighted by atomic mass is 10.1. The van der Waals surface area contributed by atoms with E-state index < -0.39 is 0 Å². The monoisotopic (exact) mass is 330 g/mol. The Morgan fingerprint density at radius 3 is 2.48 bits per heavy atom. The summed E-state index contributed by atoms with van der Waals surface area (Å²) < 4.78 is 0. The number of benzene rings is 1. The summed E-state index contributed by atoms with van der Waals surface area (Å²) in [6.07, 6.45) is 1.83. The molecular formula is C17H22N4OS. The molecule has 6 heteroatoms. The molecule has 1 aliphatic rings. The number of anilines is 2. The lowest BCUT2D eigenvalue weighted by Gasteiger charge is -2.34. The molecule has 122 valence electrons. The number of thiazole rings is 1. The molecule has 3 rings (SSSR count). The first-order valence-corrected chi connectivity index (χ1v) is 8.82. The average molecular weight is 330 g/mol. The summed E-state index contributed by atoms with van der Waals surface area (Å²) in [5.74, 6) is 0.120. The zero-order valence-corrected chi connectivity index (χ0v) is 14.4. The molecule has 1 aromatic carbocycles. The predicted molar refractivity (Wildman–Crippen MR) is 95.6 cm³/mol. The standard InChI is InChI=1S/C17H22N4OS/c1-3-19(2)15-6-4-14(5-7-15)16(22)20-9-11-21(12-10-20)17-18-8-13-23-17/h4-8,13H,3,9-12H2,1-2H3. The van der Waals surface area contributed by atoms with E-state index in [2.05, 4.69) is 28.8 Å². The van der Waals surface area contributed by atoms with Crippen molar-refractivity contribution in [1.29, 1.82) is 0 Å². The van der Waals surface area contributed by atoms with E-state index in [9.17, 15) is 4.79 Å². The minimum Gasteiger partial charge on any atom is -0.375 e. The Kier molecular flexibility index (Phi) is 4.81. The SMILES string of the molecule is CCN(C)c1ccc(C(=O)N2CCN(c3nccs3)CC2)cc1. The normalized spacial score (nSPS) is 14.9. The van der Waals surface area contributed by atoms with Crippen molar-refractivity contribution < 1.29 is 4.79 Å². The molecule has 1 saturated heterocycles. The van der Waals surface area contributed by atoms with Gasteiger partial charge >= 0.3 is 0 Å². The molecule has 1 aliphatic heterocycles. The van der Waals surface area contributed by atoms with E-state index in [0.717, 1.165) is 49.1 Å². The van der Waals surface area contributed by atoms with Gasteiger partial charge in [0.05, 0.1) is 0 Å². The van der Waals surface area contributed by atoms with E-state index in [0.29, 0.717) is 0 Å². The van der Waals surface area contributed by atoms with E-state index in [4.69, 9.17) is 0 Å². The fourth-order valence-corrected chi connectivity index (χ4v) is 3.39. The Hall–Kier alpha value is -2.08. The number of piperazine rings is 1. The van der Waals surface area contributed by atoms with Crippen molar-refractivity contribution in [2.75, 3.05) is 49.6 Å². The van der Waals surface area contributed by atoms with Crippen LogP contribution in [0.3, 0.4) is 0 Å². The molecule has 1 fully saturated rings. The molecular weight excluding hydrogens is 308 g/mol. The van der Waals surface area contributed by atoms with Crippen LogP contribution in [0.2, 0.25) is 0 Å². The summed E-state index contributed by atoms with van der Waals surface area (Å²) >= 11 is 1.65. The third-order valence-corrected chi connectivity index (χ3v) is 5.12. The van der Waals surface area contributed by atoms with E-state index in [1.54, 1.807) is 11.3 Å². The average Bonchev–Trinajstić information content (AvgIpc) is 3.15. The van der Waals surface area contributed by atoms with Gasteiger partial charge in [-0.3, -0.25) is 4.79 Å². The van der Waals surface area contributed by atoms with E-state index >= 15 is 0 Å². The second-order valence-electron chi connectivity index (χ2n) is 5.65. The Morgan fingerprint density at radius 1 is 1.22 bits per heavy atom. The first kappa shape index (κ1) is 15.8. The lowest BCUT2D eigenvalue weighted by Crippen LogP contribution is -2.48. The molecule has 0 unspecified atom stereocenters. The predicted octanol–water partition coefficient (Wildman–Crippen LogP) is 2.56. The summed E-state index contributed by atoms with van der Waals surface area (Å²) in [5.41, 5.74) is 1.90. The van der Waals surface area contributed by atoms with Gasteiger partial charge in [-0.2, -0.15) is 0 Å². The van der Waals surface area contributed by atoms with Gasteiger partial charge in [0.2, 0.25) is 0 Å². The molecule has 0 bridgehead atoms. The number of rotatable bonds is 4. The van der Waals surface area contributed by atoms with E-state index in [-0.39, 0.29) is 5.91 Å². The van der Waals surface area contributed by atoms with Crippen LogP contribution in [-0.2, 0) is 0 Å². The third-order valence-electron chi connectivity index (χ3n) is 4.29. The lowest BCUT2D eigenvalue weighted by molar-refractivity contribution is 0.0747. The summed E-state index contributed by atoms with van der Waals surface area (Å²) in [5, 5.41) is 3.03. The first-order chi connectivity index (χ1) is 11.2. The second-order valence-corrected chi connectivity index (χ2v) is 6.53. The molecule has 0 saturated carbocycles. The highest BCUT2D eigenvalue weighted by atomic mass is 32.1. The van der Waals surface area contributed by atoms with Crippen molar-refractivity contribution in [2.24, 2.45) is 0 Å². The number of carbonyl (C=O) groups excluding carboxylic acids is 1. The largest absolute Gasteiger partial charge is 0.375 e. The summed E-state index contributed by atoms with van der Waals surface area (Å²) in [6, 6.07) is 7.89. The minimum atomic E-state index is 0.120. The maximum absolute atomic E-state index is 12.6. The van der Waals surface area contributed by atoms with Gasteiger partial charge in [0.25, 0.3) is 5.91 Å². The van der Waals surface area contributed by atoms with Crippen LogP contribution in [0.5, 0.6) is 0 Å². The molecule has 2 heterocycles. The topological polar surface area (TPSA) is 39.7 Å². The number of carbonyl (C=O) groups is 1. The fraction of sp³-hybridized carbons (Fsp3) is 0.412. The maximum Gasteiger partial charge on any atom is 0.253 e. The fourth-order valence-electron chi connectivity index (χ4n) is 2.70. The van der Waals surface area contributed by atoms with Gasteiger partial charge in [0.15, 0.2) is 5.13 Å². The molecule has 0 atom stereocenters. The van der Waals surface area contributed by atoms with Gasteiger partial charge in [-0.25, -0.2) is 4.98 Å². The molecule has 5 nitrogen and oxygen atoms in total. The highest BCUT2D eigenvalue weighted by Gasteiger charge is 2.23. The summed E-state index contributed by atoms with van der Waals surface area (Å²) in [7, 11) is 2.05. The molecule has 2 aromatic rings. The van der Waals surface area contributed by atoms with Crippen LogP contribution >= 0.6 is 11.3 Å². The van der Waals surface area contributed by atoms with E-state index in [1.807, 2.05) is 40.7 Å². The third kappa shape index (κ3) is 3.47. The first-order valence-electron chi connectivity index (χ1n) is 7.94. The quantitative estimate of drug-likeness (QED) is 0.864. The van der Waals surface area contributed by atoms with Crippen molar-refractivity contribution in [3.05, 3.63) is 41.4 Å². The van der Waals surface area contributed by atoms with Crippen molar-refractivity contribution in [3.63, 3.8) is 0 Å². The van der Waals surface area contributed by atoms with Crippen molar-refractivity contribution >= 4 is 28.1 Å². The molecule has 0 aliphatic carbocycles. The van der Waals surface area contributed by atoms with Crippen LogP contribution in [0.4, 0.5) is 10.8 Å². The molecule has 0 N–H and O–H groups in total. The van der Waals surface area contributed by atoms with Gasteiger partial charge in [0.1, 0.15) is 0 Å². The number of nitrogens with zero attached hydrogens (tertiary/aromatic N) is 4. The van der Waals surface area contributed by atoms with E-state index in [1.165, 1.54) is 0 Å². The summed E-state index contributed by atoms with van der Waals surface area (Å²) in [4.78, 5) is 23.3. The van der Waals surface area contributed by atoms with Crippen LogP contribution < -0.4 is 9.80 Å². The molecule has 23 heavy (non-hydrogen) atoms. The Labute approximate surface area is 141 Å². The van der Waals surface area contributed by atoms with Gasteiger partial charge in [-0.15, -0.1) is 11.3 Å². The summed E-state index contributed by atoms with van der Waals surface area (Å²) in [6.45, 7) is 6.24. The number of amides is 1. The van der Waals surface area contributed by atoms with Crippen molar-refractivity contribution in [2.45, 2.75) is 6.92 Å². The molecule has 0 radical (unpaired) electrons. The zero-order valence-electron chi connectivity index (χ0n) is 13.6. The number of aromatic nitrogens is 1. The molecule has 1 amide bonds. The number of hydrogen-bond donors (Lipinski definition) is 0. The Bertz CT molecular complexity index is 633. The maximum atomic E-state index is 12.6. The smallest absolute Gasteiger partial charge is 0.253 e. The van der Waals surface area contributed by atoms with Crippen LogP contribution in [0.15, 0.2) is 35.8 Å². The van der Waals surface area contributed by atoms with Crippen molar-refractivity contribution in [3.8, 4) is 0 Å². The molecule has 0 spiro atoms. The zero-order chi connectivity index (χ0) is 16.2. The highest BCUT2D eigenvalue weighted by Crippen LogP contribution is 2.20. The Morgan fingerprint density at radius 2 is 1.91 bits per heavy atom.